The summed E-state index contributed by atoms with van der Waals surface area (Å²) in [5, 5.41) is 3.53. The average Bonchev–Trinajstić information content (AvgIpc) is 2.49. The van der Waals surface area contributed by atoms with E-state index in [2.05, 4.69) is 31.1 Å². The Morgan fingerprint density at radius 2 is 2.00 bits per heavy atom. The third-order valence-corrected chi connectivity index (χ3v) is 4.58. The van der Waals surface area contributed by atoms with Crippen molar-refractivity contribution in [2.24, 2.45) is 5.92 Å². The zero-order valence-corrected chi connectivity index (χ0v) is 11.2. The molecule has 90 valence electrons. The monoisotopic (exact) mass is 229 g/mol. The fourth-order valence-electron chi connectivity index (χ4n) is 2.70. The molecule has 2 unspecified atom stereocenters. The summed E-state index contributed by atoms with van der Waals surface area (Å²) in [7, 11) is 2.14. The quantitative estimate of drug-likeness (QED) is 0.551. The Morgan fingerprint density at radius 1 is 1.20 bits per heavy atom. The van der Waals surface area contributed by atoms with Crippen molar-refractivity contribution >= 4 is 11.8 Å². The molecule has 1 fully saturated rings. The molecule has 0 aromatic carbocycles. The van der Waals surface area contributed by atoms with E-state index in [1.165, 1.54) is 56.5 Å². The Labute approximate surface area is 99.8 Å². The van der Waals surface area contributed by atoms with Gasteiger partial charge in [-0.3, -0.25) is 0 Å². The molecule has 2 atom stereocenters. The summed E-state index contributed by atoms with van der Waals surface area (Å²) in [6.07, 6.45) is 10.1. The van der Waals surface area contributed by atoms with Gasteiger partial charge >= 0.3 is 0 Å². The van der Waals surface area contributed by atoms with Gasteiger partial charge in [-0.25, -0.2) is 0 Å². The van der Waals surface area contributed by atoms with Gasteiger partial charge < -0.3 is 5.32 Å². The van der Waals surface area contributed by atoms with Crippen molar-refractivity contribution in [2.45, 2.75) is 57.9 Å². The summed E-state index contributed by atoms with van der Waals surface area (Å²) in [6.45, 7) is 2.26. The zero-order chi connectivity index (χ0) is 10.9. The Bertz CT molecular complexity index is 149. The number of rotatable bonds is 6. The number of hydrogen-bond donors (Lipinski definition) is 1. The molecule has 15 heavy (non-hydrogen) atoms. The van der Waals surface area contributed by atoms with Crippen LogP contribution in [0, 0.1) is 5.92 Å². The topological polar surface area (TPSA) is 12.0 Å². The lowest BCUT2D eigenvalue weighted by Gasteiger charge is -2.24. The highest BCUT2D eigenvalue weighted by Gasteiger charge is 2.21. The van der Waals surface area contributed by atoms with Crippen LogP contribution in [0.15, 0.2) is 0 Å². The molecule has 0 amide bonds. The lowest BCUT2D eigenvalue weighted by Crippen LogP contribution is -2.32. The molecule has 1 saturated carbocycles. The second-order valence-electron chi connectivity index (χ2n) is 4.63. The van der Waals surface area contributed by atoms with Gasteiger partial charge in [0.05, 0.1) is 0 Å². The van der Waals surface area contributed by atoms with Crippen molar-refractivity contribution in [1.82, 2.24) is 5.32 Å². The lowest BCUT2D eigenvalue weighted by molar-refractivity contribution is 0.330. The second-order valence-corrected chi connectivity index (χ2v) is 6.03. The predicted octanol–water partition coefficient (Wildman–Crippen LogP) is 3.69. The van der Waals surface area contributed by atoms with Gasteiger partial charge in [0, 0.05) is 6.04 Å². The van der Waals surface area contributed by atoms with E-state index in [0.717, 1.165) is 12.0 Å². The highest BCUT2D eigenvalue weighted by atomic mass is 32.2. The summed E-state index contributed by atoms with van der Waals surface area (Å²) in [6, 6.07) is 0.805. The Balaban J connectivity index is 2.22. The summed E-state index contributed by atoms with van der Waals surface area (Å²) in [4.78, 5) is 0. The van der Waals surface area contributed by atoms with Gasteiger partial charge in [-0.2, -0.15) is 11.8 Å². The molecule has 0 aromatic rings. The van der Waals surface area contributed by atoms with E-state index < -0.39 is 0 Å². The van der Waals surface area contributed by atoms with E-state index in [1.807, 2.05) is 0 Å². The first-order valence-electron chi connectivity index (χ1n) is 6.63. The zero-order valence-electron chi connectivity index (χ0n) is 10.4. The van der Waals surface area contributed by atoms with Crippen LogP contribution in [-0.4, -0.2) is 24.6 Å². The molecule has 0 saturated heterocycles. The highest BCUT2D eigenvalue weighted by Crippen LogP contribution is 2.27. The van der Waals surface area contributed by atoms with E-state index in [4.69, 9.17) is 0 Å². The van der Waals surface area contributed by atoms with Gasteiger partial charge in [-0.15, -0.1) is 0 Å². The predicted molar refractivity (Wildman–Crippen MR) is 71.7 cm³/mol. The fourth-order valence-corrected chi connectivity index (χ4v) is 3.36. The van der Waals surface area contributed by atoms with E-state index in [0.29, 0.717) is 0 Å². The first-order chi connectivity index (χ1) is 7.38. The molecule has 0 radical (unpaired) electrons. The SMILES string of the molecule is CCSCCCC1CCCCCC1NC. The highest BCUT2D eigenvalue weighted by molar-refractivity contribution is 7.99. The Hall–Kier alpha value is 0.310. The number of hydrogen-bond acceptors (Lipinski definition) is 2. The third kappa shape index (κ3) is 5.26. The summed E-state index contributed by atoms with van der Waals surface area (Å²) < 4.78 is 0. The van der Waals surface area contributed by atoms with Crippen LogP contribution in [0.2, 0.25) is 0 Å². The van der Waals surface area contributed by atoms with E-state index in [9.17, 15) is 0 Å². The van der Waals surface area contributed by atoms with Crippen molar-refractivity contribution in [3.05, 3.63) is 0 Å². The van der Waals surface area contributed by atoms with Crippen LogP contribution < -0.4 is 5.32 Å². The van der Waals surface area contributed by atoms with Crippen molar-refractivity contribution in [2.75, 3.05) is 18.6 Å². The van der Waals surface area contributed by atoms with E-state index in [-0.39, 0.29) is 0 Å². The van der Waals surface area contributed by atoms with Crippen LogP contribution in [0.1, 0.15) is 51.9 Å². The minimum Gasteiger partial charge on any atom is -0.317 e. The average molecular weight is 229 g/mol. The molecule has 2 heteroatoms. The number of thioether (sulfide) groups is 1. The van der Waals surface area contributed by atoms with Crippen LogP contribution >= 0.6 is 11.8 Å². The van der Waals surface area contributed by atoms with Gasteiger partial charge in [0.25, 0.3) is 0 Å². The maximum atomic E-state index is 3.53. The molecule has 0 heterocycles. The molecular weight excluding hydrogens is 202 g/mol. The van der Waals surface area contributed by atoms with Gasteiger partial charge in [0.1, 0.15) is 0 Å². The smallest absolute Gasteiger partial charge is 0.00923 e. The van der Waals surface area contributed by atoms with E-state index >= 15 is 0 Å². The van der Waals surface area contributed by atoms with Crippen LogP contribution in [0.3, 0.4) is 0 Å². The minimum absolute atomic E-state index is 0.805. The summed E-state index contributed by atoms with van der Waals surface area (Å²) in [5.41, 5.74) is 0. The largest absolute Gasteiger partial charge is 0.317 e. The van der Waals surface area contributed by atoms with Gasteiger partial charge in [-0.1, -0.05) is 26.2 Å². The fraction of sp³-hybridized carbons (Fsp3) is 1.00. The Morgan fingerprint density at radius 3 is 2.73 bits per heavy atom. The molecule has 0 spiro atoms. The van der Waals surface area contributed by atoms with Crippen LogP contribution in [-0.2, 0) is 0 Å². The second kappa shape index (κ2) is 8.46. The third-order valence-electron chi connectivity index (χ3n) is 3.60. The lowest BCUT2D eigenvalue weighted by atomic mass is 9.91. The molecule has 0 aliphatic heterocycles. The van der Waals surface area contributed by atoms with Crippen LogP contribution in [0.25, 0.3) is 0 Å². The molecule has 1 aliphatic rings. The van der Waals surface area contributed by atoms with Crippen molar-refractivity contribution < 1.29 is 0 Å². The number of nitrogens with one attached hydrogen (secondary N) is 1. The first-order valence-corrected chi connectivity index (χ1v) is 7.79. The standard InChI is InChI=1S/C13H27NS/c1-3-15-11-7-9-12-8-5-4-6-10-13(12)14-2/h12-14H,3-11H2,1-2H3. The van der Waals surface area contributed by atoms with Gasteiger partial charge in [-0.05, 0) is 50.2 Å². The van der Waals surface area contributed by atoms with Crippen molar-refractivity contribution in [3.63, 3.8) is 0 Å². The maximum Gasteiger partial charge on any atom is 0.00923 e. The molecule has 0 bridgehead atoms. The molecule has 1 N–H and O–H groups in total. The summed E-state index contributed by atoms with van der Waals surface area (Å²) in [5.74, 6) is 3.60. The molecule has 0 aromatic heterocycles. The van der Waals surface area contributed by atoms with Crippen molar-refractivity contribution in [1.29, 1.82) is 0 Å². The minimum atomic E-state index is 0.805. The first kappa shape index (κ1) is 13.4. The van der Waals surface area contributed by atoms with Crippen molar-refractivity contribution in [3.8, 4) is 0 Å². The normalized spacial score (nSPS) is 27.6. The van der Waals surface area contributed by atoms with Crippen LogP contribution in [0.4, 0.5) is 0 Å². The van der Waals surface area contributed by atoms with Crippen LogP contribution in [0.5, 0.6) is 0 Å². The summed E-state index contributed by atoms with van der Waals surface area (Å²) >= 11 is 2.09. The molecule has 1 rings (SSSR count). The van der Waals surface area contributed by atoms with E-state index in [1.54, 1.807) is 0 Å². The van der Waals surface area contributed by atoms with Gasteiger partial charge in [0.2, 0.25) is 0 Å². The molecular formula is C13H27NS. The maximum absolute atomic E-state index is 3.53. The molecule has 1 nitrogen and oxygen atoms in total. The van der Waals surface area contributed by atoms with Gasteiger partial charge in [0.15, 0.2) is 0 Å². The Kier molecular flexibility index (Phi) is 7.54. The molecule has 1 aliphatic carbocycles.